The number of benzene rings is 3. The lowest BCUT2D eigenvalue weighted by Gasteiger charge is -2.44. The van der Waals surface area contributed by atoms with E-state index in [9.17, 15) is 4.79 Å². The number of amides is 1. The Labute approximate surface area is 207 Å². The van der Waals surface area contributed by atoms with Gasteiger partial charge in [-0.3, -0.25) is 4.79 Å². The van der Waals surface area contributed by atoms with Gasteiger partial charge in [0, 0.05) is 43.1 Å². The highest BCUT2D eigenvalue weighted by atomic mass is 16.2. The van der Waals surface area contributed by atoms with Gasteiger partial charge >= 0.3 is 0 Å². The number of para-hydroxylation sites is 1. The van der Waals surface area contributed by atoms with Gasteiger partial charge in [0.2, 0.25) is 0 Å². The maximum Gasteiger partial charge on any atom is 0.253 e. The minimum absolute atomic E-state index is 0.186. The summed E-state index contributed by atoms with van der Waals surface area (Å²) in [7, 11) is 0. The molecule has 0 unspecified atom stereocenters. The fourth-order valence-electron chi connectivity index (χ4n) is 7.60. The van der Waals surface area contributed by atoms with Crippen LogP contribution in [0.3, 0.4) is 0 Å². The van der Waals surface area contributed by atoms with Crippen molar-refractivity contribution in [3.63, 3.8) is 0 Å². The van der Waals surface area contributed by atoms with Gasteiger partial charge in [-0.25, -0.2) is 0 Å². The van der Waals surface area contributed by atoms with Gasteiger partial charge < -0.3 is 15.1 Å². The van der Waals surface area contributed by atoms with E-state index in [1.807, 2.05) is 11.0 Å². The Morgan fingerprint density at radius 3 is 2.29 bits per heavy atom. The summed E-state index contributed by atoms with van der Waals surface area (Å²) in [5.74, 6) is 2.94. The van der Waals surface area contributed by atoms with Crippen molar-refractivity contribution in [2.75, 3.05) is 36.4 Å². The van der Waals surface area contributed by atoms with Crippen LogP contribution >= 0.6 is 0 Å². The second-order valence-electron chi connectivity index (χ2n) is 10.9. The summed E-state index contributed by atoms with van der Waals surface area (Å²) in [6.07, 6.45) is 4.04. The van der Waals surface area contributed by atoms with Crippen LogP contribution in [0.4, 0.5) is 11.4 Å². The monoisotopic (exact) mass is 463 g/mol. The molecule has 178 valence electrons. The Bertz CT molecular complexity index is 1220. The second kappa shape index (κ2) is 8.44. The third kappa shape index (κ3) is 3.53. The third-order valence-electron chi connectivity index (χ3n) is 9.18. The number of carbonyl (C=O) groups is 1. The lowest BCUT2D eigenvalue weighted by molar-refractivity contribution is 0.0746. The number of anilines is 2. The number of nitrogens with one attached hydrogen (secondary N) is 1. The van der Waals surface area contributed by atoms with E-state index in [0.29, 0.717) is 17.9 Å². The molecule has 2 aliphatic heterocycles. The van der Waals surface area contributed by atoms with E-state index in [4.69, 9.17) is 0 Å². The Morgan fingerprint density at radius 1 is 0.800 bits per heavy atom. The molecule has 7 rings (SSSR count). The summed E-state index contributed by atoms with van der Waals surface area (Å²) in [6.45, 7) is 3.32. The fraction of sp³-hybridized carbons (Fsp3) is 0.387. The highest BCUT2D eigenvalue weighted by Gasteiger charge is 2.53. The van der Waals surface area contributed by atoms with Gasteiger partial charge in [-0.05, 0) is 84.4 Å². The molecule has 1 N–H and O–H groups in total. The lowest BCUT2D eigenvalue weighted by Crippen LogP contribution is -2.48. The number of carbonyl (C=O) groups excluding carboxylic acids is 1. The number of nitrogens with zero attached hydrogens (tertiary/aromatic N) is 2. The molecule has 0 radical (unpaired) electrons. The maximum absolute atomic E-state index is 13.6. The van der Waals surface area contributed by atoms with Crippen LogP contribution in [0, 0.1) is 17.8 Å². The molecule has 4 nitrogen and oxygen atoms in total. The number of fused-ring (bicyclic) bond motifs is 7. The molecular formula is C31H33N3O. The average Bonchev–Trinajstić information content (AvgIpc) is 3.56. The molecule has 0 spiro atoms. The predicted molar refractivity (Wildman–Crippen MR) is 141 cm³/mol. The highest BCUT2D eigenvalue weighted by molar-refractivity contribution is 5.95. The van der Waals surface area contributed by atoms with Crippen LogP contribution in [-0.4, -0.2) is 37.0 Å². The van der Waals surface area contributed by atoms with Crippen molar-refractivity contribution in [1.82, 2.24) is 4.90 Å². The van der Waals surface area contributed by atoms with Gasteiger partial charge in [-0.1, -0.05) is 48.5 Å². The van der Waals surface area contributed by atoms with Gasteiger partial charge in [-0.15, -0.1) is 0 Å². The standard InChI is InChI=1S/C31H33N3O/c35-31(34-17-15-33(16-18-34)25-9-5-2-6-10-25)24-13-14-27-26(20-24)28-22-11-12-23(19-22)29(28)30(32-27)21-7-3-1-4-8-21/h1-10,13-14,20,22-23,28-30,32H,11-12,15-19H2/t22-,23-,28-,29-,30-/m0/s1. The maximum atomic E-state index is 13.6. The van der Waals surface area contributed by atoms with Gasteiger partial charge in [0.15, 0.2) is 0 Å². The molecule has 2 aliphatic carbocycles. The Kier molecular flexibility index (Phi) is 5.08. The topological polar surface area (TPSA) is 35.6 Å². The largest absolute Gasteiger partial charge is 0.378 e. The molecule has 0 aromatic heterocycles. The minimum Gasteiger partial charge on any atom is -0.378 e. The first-order valence-electron chi connectivity index (χ1n) is 13.3. The van der Waals surface area contributed by atoms with E-state index in [-0.39, 0.29) is 5.91 Å². The minimum atomic E-state index is 0.186. The van der Waals surface area contributed by atoms with E-state index in [1.54, 1.807) is 0 Å². The second-order valence-corrected chi connectivity index (χ2v) is 10.9. The Balaban J connectivity index is 1.14. The Hall–Kier alpha value is -3.27. The van der Waals surface area contributed by atoms with Crippen molar-refractivity contribution < 1.29 is 4.79 Å². The molecular weight excluding hydrogens is 430 g/mol. The number of rotatable bonds is 3. The zero-order valence-electron chi connectivity index (χ0n) is 20.1. The van der Waals surface area contributed by atoms with Crippen molar-refractivity contribution in [3.05, 3.63) is 95.6 Å². The molecule has 2 bridgehead atoms. The van der Waals surface area contributed by atoms with E-state index >= 15 is 0 Å². The quantitative estimate of drug-likeness (QED) is 0.522. The lowest BCUT2D eigenvalue weighted by atomic mass is 9.68. The molecule has 2 heterocycles. The average molecular weight is 464 g/mol. The molecule has 5 atom stereocenters. The summed E-state index contributed by atoms with van der Waals surface area (Å²) >= 11 is 0. The summed E-state index contributed by atoms with van der Waals surface area (Å²) in [4.78, 5) is 18.0. The van der Waals surface area contributed by atoms with Crippen LogP contribution in [0.5, 0.6) is 0 Å². The smallest absolute Gasteiger partial charge is 0.253 e. The molecule has 1 amide bonds. The fourth-order valence-corrected chi connectivity index (χ4v) is 7.60. The van der Waals surface area contributed by atoms with Crippen molar-refractivity contribution in [2.45, 2.75) is 31.2 Å². The van der Waals surface area contributed by atoms with E-state index in [1.165, 1.54) is 41.8 Å². The van der Waals surface area contributed by atoms with E-state index < -0.39 is 0 Å². The molecule has 1 saturated heterocycles. The number of hydrogen-bond acceptors (Lipinski definition) is 3. The van der Waals surface area contributed by atoms with Crippen LogP contribution in [-0.2, 0) is 0 Å². The van der Waals surface area contributed by atoms with Crippen molar-refractivity contribution in [3.8, 4) is 0 Å². The summed E-state index contributed by atoms with van der Waals surface area (Å²) in [5, 5.41) is 3.91. The number of hydrogen-bond donors (Lipinski definition) is 1. The van der Waals surface area contributed by atoms with Gasteiger partial charge in [0.05, 0.1) is 6.04 Å². The zero-order chi connectivity index (χ0) is 23.4. The summed E-state index contributed by atoms with van der Waals surface area (Å²) < 4.78 is 0. The normalized spacial score (nSPS) is 28.9. The van der Waals surface area contributed by atoms with Crippen LogP contribution in [0.25, 0.3) is 0 Å². The zero-order valence-corrected chi connectivity index (χ0v) is 20.1. The first-order valence-corrected chi connectivity index (χ1v) is 13.3. The van der Waals surface area contributed by atoms with E-state index in [0.717, 1.165) is 43.6 Å². The van der Waals surface area contributed by atoms with Gasteiger partial charge in [0.25, 0.3) is 5.91 Å². The van der Waals surface area contributed by atoms with Crippen LogP contribution in [0.2, 0.25) is 0 Å². The van der Waals surface area contributed by atoms with Crippen LogP contribution in [0.15, 0.2) is 78.9 Å². The highest BCUT2D eigenvalue weighted by Crippen LogP contribution is 2.63. The first kappa shape index (κ1) is 21.0. The summed E-state index contributed by atoms with van der Waals surface area (Å²) in [5.41, 5.74) is 6.13. The molecule has 2 saturated carbocycles. The predicted octanol–water partition coefficient (Wildman–Crippen LogP) is 5.95. The van der Waals surface area contributed by atoms with Gasteiger partial charge in [-0.2, -0.15) is 0 Å². The molecule has 4 heteroatoms. The first-order chi connectivity index (χ1) is 17.3. The summed E-state index contributed by atoms with van der Waals surface area (Å²) in [6, 6.07) is 28.4. The van der Waals surface area contributed by atoms with Crippen LogP contribution < -0.4 is 10.2 Å². The molecule has 3 aromatic carbocycles. The third-order valence-corrected chi connectivity index (χ3v) is 9.18. The number of piperazine rings is 1. The van der Waals surface area contributed by atoms with Crippen molar-refractivity contribution in [2.24, 2.45) is 17.8 Å². The van der Waals surface area contributed by atoms with Gasteiger partial charge in [0.1, 0.15) is 0 Å². The van der Waals surface area contributed by atoms with Crippen LogP contribution in [0.1, 0.15) is 52.7 Å². The molecule has 4 aliphatic rings. The molecule has 3 fully saturated rings. The Morgan fingerprint density at radius 2 is 1.51 bits per heavy atom. The van der Waals surface area contributed by atoms with E-state index in [2.05, 4.69) is 83.0 Å². The van der Waals surface area contributed by atoms with Crippen molar-refractivity contribution >= 4 is 17.3 Å². The van der Waals surface area contributed by atoms with Crippen molar-refractivity contribution in [1.29, 1.82) is 0 Å². The SMILES string of the molecule is O=C(c1ccc2c(c1)[C@@H]1[C@H]3CC[C@@H](C3)[C@@H]1[C@H](c1ccccc1)N2)N1CCN(c2ccccc2)CC1. The molecule has 35 heavy (non-hydrogen) atoms. The molecule has 3 aromatic rings.